The average molecular weight is 116 g/mol. The lowest BCUT2D eigenvalue weighted by Crippen LogP contribution is -2.32. The summed E-state index contributed by atoms with van der Waals surface area (Å²) in [6, 6.07) is -0.786. The zero-order chi connectivity index (χ0) is 6.57. The summed E-state index contributed by atoms with van der Waals surface area (Å²) in [4.78, 5) is 12.9. The van der Waals surface area contributed by atoms with E-state index in [-0.39, 0.29) is 0 Å². The number of nitrogens with two attached hydrogens (primary N) is 3. The summed E-state index contributed by atoms with van der Waals surface area (Å²) in [6.07, 6.45) is 0.366. The van der Waals surface area contributed by atoms with Crippen molar-refractivity contribution >= 4 is 12.2 Å². The molecule has 0 fully saturated rings. The molecule has 0 aliphatic carbocycles. The van der Waals surface area contributed by atoms with E-state index >= 15 is 0 Å². The van der Waals surface area contributed by atoms with Gasteiger partial charge in [-0.3, -0.25) is 0 Å². The molecule has 0 bridgehead atoms. The molecule has 0 aromatic heterocycles. The maximum absolute atomic E-state index is 9.82. The van der Waals surface area contributed by atoms with Crippen LogP contribution in [0.3, 0.4) is 0 Å². The summed E-state index contributed by atoms with van der Waals surface area (Å²) in [5.74, 6) is 0. The van der Waals surface area contributed by atoms with Gasteiger partial charge in [-0.25, -0.2) is 9.79 Å². The van der Waals surface area contributed by atoms with E-state index in [1.165, 1.54) is 0 Å². The Kier molecular flexibility index (Phi) is 2.75. The van der Waals surface area contributed by atoms with Crippen molar-refractivity contribution in [3.8, 4) is 0 Å². The smallest absolute Gasteiger partial charge is 0.338 e. The summed E-state index contributed by atoms with van der Waals surface area (Å²) in [5.41, 5.74) is 14.5. The van der Waals surface area contributed by atoms with Crippen molar-refractivity contribution in [2.45, 2.75) is 6.17 Å². The first kappa shape index (κ1) is 7.06. The first-order valence-corrected chi connectivity index (χ1v) is 1.97. The third-order valence-electron chi connectivity index (χ3n) is 0.374. The molecule has 0 rings (SSSR count). The summed E-state index contributed by atoms with van der Waals surface area (Å²) in [7, 11) is 0. The SMILES string of the molecule is NC(=O)N=CC(N)N. The van der Waals surface area contributed by atoms with Crippen LogP contribution < -0.4 is 17.2 Å². The van der Waals surface area contributed by atoms with Crippen LogP contribution in [0.2, 0.25) is 0 Å². The predicted octanol–water partition coefficient (Wildman–Crippen LogP) is -1.62. The predicted molar refractivity (Wildman–Crippen MR) is 30.2 cm³/mol. The molecule has 8 heavy (non-hydrogen) atoms. The Hall–Kier alpha value is -0.940. The molecule has 0 saturated heterocycles. The van der Waals surface area contributed by atoms with E-state index in [9.17, 15) is 4.79 Å². The van der Waals surface area contributed by atoms with Crippen molar-refractivity contribution in [3.63, 3.8) is 0 Å². The number of rotatable bonds is 1. The number of hydrogen-bond acceptors (Lipinski definition) is 3. The normalized spacial score (nSPS) is 10.9. The number of nitrogens with zero attached hydrogens (tertiary/aromatic N) is 1. The molecule has 0 radical (unpaired) electrons. The summed E-state index contributed by atoms with van der Waals surface area (Å²) in [5, 5.41) is 0. The molecule has 2 amide bonds. The van der Waals surface area contributed by atoms with E-state index < -0.39 is 12.2 Å². The molecule has 0 spiro atoms. The first-order chi connectivity index (χ1) is 3.63. The van der Waals surface area contributed by atoms with E-state index in [2.05, 4.69) is 10.7 Å². The second kappa shape index (κ2) is 3.11. The summed E-state index contributed by atoms with van der Waals surface area (Å²) in [6.45, 7) is 0. The van der Waals surface area contributed by atoms with Crippen LogP contribution in [0.15, 0.2) is 4.99 Å². The van der Waals surface area contributed by atoms with Gasteiger partial charge in [0.25, 0.3) is 0 Å². The fraction of sp³-hybridized carbons (Fsp3) is 0.333. The molecule has 0 aromatic carbocycles. The fourth-order valence-electron chi connectivity index (χ4n) is 0.160. The molecule has 5 heteroatoms. The molecule has 0 aliphatic heterocycles. The third-order valence-corrected chi connectivity index (χ3v) is 0.374. The van der Waals surface area contributed by atoms with Crippen LogP contribution in [0.1, 0.15) is 0 Å². The monoisotopic (exact) mass is 116 g/mol. The maximum Gasteiger partial charge on any atom is 0.338 e. The van der Waals surface area contributed by atoms with E-state index in [1.807, 2.05) is 0 Å². The Bertz CT molecular complexity index is 108. The van der Waals surface area contributed by atoms with Crippen LogP contribution in [0.4, 0.5) is 4.79 Å². The van der Waals surface area contributed by atoms with Gasteiger partial charge in [0.1, 0.15) is 0 Å². The van der Waals surface area contributed by atoms with Crippen LogP contribution in [0, 0.1) is 0 Å². The Labute approximate surface area is 46.5 Å². The summed E-state index contributed by atoms with van der Waals surface area (Å²) < 4.78 is 0. The minimum absolute atomic E-state index is 0.706. The van der Waals surface area contributed by atoms with E-state index in [1.54, 1.807) is 0 Å². The molecular weight excluding hydrogens is 108 g/mol. The second-order valence-electron chi connectivity index (χ2n) is 1.19. The van der Waals surface area contributed by atoms with E-state index in [0.717, 1.165) is 6.21 Å². The highest BCUT2D eigenvalue weighted by Gasteiger charge is 1.85. The fourth-order valence-corrected chi connectivity index (χ4v) is 0.160. The van der Waals surface area contributed by atoms with Gasteiger partial charge in [-0.1, -0.05) is 0 Å². The largest absolute Gasteiger partial charge is 0.350 e. The highest BCUT2D eigenvalue weighted by atomic mass is 16.2. The number of primary amides is 1. The molecular formula is C3H8N4O. The average Bonchev–Trinajstić information content (AvgIpc) is 1.61. The van der Waals surface area contributed by atoms with Crippen molar-refractivity contribution in [1.82, 2.24) is 0 Å². The third kappa shape index (κ3) is 5.06. The number of carbonyl (C=O) groups excluding carboxylic acids is 1. The van der Waals surface area contributed by atoms with Gasteiger partial charge in [-0.2, -0.15) is 0 Å². The Balaban J connectivity index is 3.50. The van der Waals surface area contributed by atoms with Crippen LogP contribution in [0.5, 0.6) is 0 Å². The van der Waals surface area contributed by atoms with Crippen molar-refractivity contribution in [2.24, 2.45) is 22.2 Å². The van der Waals surface area contributed by atoms with Gasteiger partial charge in [-0.15, -0.1) is 0 Å². The van der Waals surface area contributed by atoms with Gasteiger partial charge < -0.3 is 17.2 Å². The van der Waals surface area contributed by atoms with Crippen molar-refractivity contribution in [2.75, 3.05) is 0 Å². The number of amides is 2. The van der Waals surface area contributed by atoms with Crippen LogP contribution >= 0.6 is 0 Å². The van der Waals surface area contributed by atoms with Crippen LogP contribution in [-0.2, 0) is 0 Å². The highest BCUT2D eigenvalue weighted by molar-refractivity contribution is 5.83. The van der Waals surface area contributed by atoms with Gasteiger partial charge in [-0.05, 0) is 0 Å². The zero-order valence-electron chi connectivity index (χ0n) is 4.24. The Morgan fingerprint density at radius 1 is 1.62 bits per heavy atom. The molecule has 6 N–H and O–H groups in total. The minimum atomic E-state index is -0.786. The Morgan fingerprint density at radius 3 is 2.25 bits per heavy atom. The molecule has 0 unspecified atom stereocenters. The molecule has 0 atom stereocenters. The van der Waals surface area contributed by atoms with Gasteiger partial charge in [0.05, 0.1) is 6.17 Å². The van der Waals surface area contributed by atoms with Crippen LogP contribution in [0.25, 0.3) is 0 Å². The van der Waals surface area contributed by atoms with Gasteiger partial charge >= 0.3 is 6.03 Å². The highest BCUT2D eigenvalue weighted by Crippen LogP contribution is 1.63. The number of urea groups is 1. The van der Waals surface area contributed by atoms with Crippen molar-refractivity contribution in [1.29, 1.82) is 0 Å². The van der Waals surface area contributed by atoms with Crippen LogP contribution in [-0.4, -0.2) is 18.4 Å². The second-order valence-corrected chi connectivity index (χ2v) is 1.19. The lowest BCUT2D eigenvalue weighted by Gasteiger charge is -1.89. The molecule has 46 valence electrons. The van der Waals surface area contributed by atoms with E-state index in [0.29, 0.717) is 0 Å². The number of carbonyl (C=O) groups is 1. The van der Waals surface area contributed by atoms with Gasteiger partial charge in [0.15, 0.2) is 0 Å². The lowest BCUT2D eigenvalue weighted by molar-refractivity contribution is 0.257. The molecule has 0 saturated carbocycles. The topological polar surface area (TPSA) is 107 Å². The Morgan fingerprint density at radius 2 is 2.12 bits per heavy atom. The quantitative estimate of drug-likeness (QED) is 0.283. The van der Waals surface area contributed by atoms with Crippen molar-refractivity contribution in [3.05, 3.63) is 0 Å². The van der Waals surface area contributed by atoms with Crippen molar-refractivity contribution < 1.29 is 4.79 Å². The first-order valence-electron chi connectivity index (χ1n) is 1.97. The molecule has 0 aromatic rings. The molecule has 0 aliphatic rings. The maximum atomic E-state index is 9.82. The number of aliphatic imine (C=N–C) groups is 1. The van der Waals surface area contributed by atoms with E-state index in [4.69, 9.17) is 11.5 Å². The van der Waals surface area contributed by atoms with Gasteiger partial charge in [0.2, 0.25) is 0 Å². The zero-order valence-corrected chi connectivity index (χ0v) is 4.24. The molecule has 0 heterocycles. The lowest BCUT2D eigenvalue weighted by atomic mass is 10.6. The molecule has 5 nitrogen and oxygen atoms in total. The standard InChI is InChI=1S/C3H8N4O/c4-2(5)1-7-3(6)8/h1-2H,4-5H2,(H2,6,8). The summed E-state index contributed by atoms with van der Waals surface area (Å²) >= 11 is 0. The number of hydrogen-bond donors (Lipinski definition) is 3. The van der Waals surface area contributed by atoms with Gasteiger partial charge in [0, 0.05) is 6.21 Å². The minimum Gasteiger partial charge on any atom is -0.350 e.